The topological polar surface area (TPSA) is 102 Å². The third-order valence-corrected chi connectivity index (χ3v) is 3.01. The summed E-state index contributed by atoms with van der Waals surface area (Å²) in [5, 5.41) is 22.7. The molecule has 106 valence electrons. The highest BCUT2D eigenvalue weighted by molar-refractivity contribution is 9.10. The van der Waals surface area contributed by atoms with E-state index in [-0.39, 0.29) is 12.5 Å². The molecule has 0 heterocycles. The van der Waals surface area contributed by atoms with Crippen molar-refractivity contribution in [3.63, 3.8) is 0 Å². The van der Waals surface area contributed by atoms with Crippen molar-refractivity contribution in [2.75, 3.05) is 5.32 Å². The molecule has 3 N–H and O–H groups in total. The second kappa shape index (κ2) is 7.50. The van der Waals surface area contributed by atoms with Crippen molar-refractivity contribution in [2.24, 2.45) is 0 Å². The number of aliphatic carboxylic acids is 1. The van der Waals surface area contributed by atoms with Crippen molar-refractivity contribution in [2.45, 2.75) is 25.8 Å². The molecule has 1 aromatic carbocycles. The average molecular weight is 340 g/mol. The number of carboxylic acids is 1. The number of amides is 2. The number of nitriles is 1. The number of rotatable bonds is 5. The fraction of sp³-hybridized carbons (Fsp3) is 0.308. The smallest absolute Gasteiger partial charge is 0.319 e. The van der Waals surface area contributed by atoms with Gasteiger partial charge in [-0.15, -0.1) is 0 Å². The second-order valence-electron chi connectivity index (χ2n) is 4.23. The van der Waals surface area contributed by atoms with Crippen LogP contribution >= 0.6 is 15.9 Å². The number of carboxylic acid groups (broad SMARTS) is 1. The molecule has 1 rings (SSSR count). The van der Waals surface area contributed by atoms with Gasteiger partial charge in [0.15, 0.2) is 0 Å². The number of carbonyl (C=O) groups is 2. The highest BCUT2D eigenvalue weighted by atomic mass is 79.9. The van der Waals surface area contributed by atoms with Gasteiger partial charge in [-0.1, -0.05) is 15.9 Å². The number of benzene rings is 1. The number of nitrogens with one attached hydrogen (secondary N) is 2. The number of hydrogen-bond donors (Lipinski definition) is 3. The Morgan fingerprint density at radius 2 is 2.20 bits per heavy atom. The molecule has 20 heavy (non-hydrogen) atoms. The maximum atomic E-state index is 11.8. The number of carbonyl (C=O) groups excluding carboxylic acids is 1. The van der Waals surface area contributed by atoms with Gasteiger partial charge in [-0.3, -0.25) is 4.79 Å². The third kappa shape index (κ3) is 5.28. The normalized spacial score (nSPS) is 11.2. The molecular weight excluding hydrogens is 326 g/mol. The quantitative estimate of drug-likeness (QED) is 0.767. The zero-order valence-electron chi connectivity index (χ0n) is 10.8. The van der Waals surface area contributed by atoms with Crippen molar-refractivity contribution in [1.29, 1.82) is 5.26 Å². The highest BCUT2D eigenvalue weighted by Crippen LogP contribution is 2.20. The molecule has 0 radical (unpaired) electrons. The van der Waals surface area contributed by atoms with E-state index >= 15 is 0 Å². The van der Waals surface area contributed by atoms with Crippen molar-refractivity contribution in [1.82, 2.24) is 5.32 Å². The van der Waals surface area contributed by atoms with E-state index in [9.17, 15) is 9.59 Å². The van der Waals surface area contributed by atoms with Crippen molar-refractivity contribution in [3.8, 4) is 6.07 Å². The van der Waals surface area contributed by atoms with Gasteiger partial charge in [-0.2, -0.15) is 5.26 Å². The maximum absolute atomic E-state index is 11.8. The summed E-state index contributed by atoms with van der Waals surface area (Å²) < 4.78 is 0.741. The van der Waals surface area contributed by atoms with Gasteiger partial charge in [0.1, 0.15) is 6.07 Å². The van der Waals surface area contributed by atoms with Crippen molar-refractivity contribution in [3.05, 3.63) is 28.2 Å². The first-order valence-electron chi connectivity index (χ1n) is 5.91. The van der Waals surface area contributed by atoms with E-state index in [1.165, 1.54) is 0 Å². The lowest BCUT2D eigenvalue weighted by atomic mass is 10.2. The van der Waals surface area contributed by atoms with Crippen LogP contribution in [0.3, 0.4) is 0 Å². The predicted molar refractivity (Wildman–Crippen MR) is 77.3 cm³/mol. The molecule has 0 bridgehead atoms. The lowest BCUT2D eigenvalue weighted by Gasteiger charge is -2.14. The molecule has 0 aliphatic carbocycles. The summed E-state index contributed by atoms with van der Waals surface area (Å²) in [6, 6.07) is 6.15. The van der Waals surface area contributed by atoms with Crippen LogP contribution < -0.4 is 10.6 Å². The van der Waals surface area contributed by atoms with Crippen LogP contribution in [0.4, 0.5) is 10.5 Å². The van der Waals surface area contributed by atoms with Crippen LogP contribution in [-0.4, -0.2) is 23.1 Å². The molecule has 7 heteroatoms. The van der Waals surface area contributed by atoms with Crippen LogP contribution in [0.25, 0.3) is 0 Å². The number of urea groups is 1. The molecule has 0 aliphatic heterocycles. The lowest BCUT2D eigenvalue weighted by Crippen LogP contribution is -2.36. The molecule has 1 unspecified atom stereocenters. The summed E-state index contributed by atoms with van der Waals surface area (Å²) >= 11 is 3.26. The lowest BCUT2D eigenvalue weighted by molar-refractivity contribution is -0.137. The van der Waals surface area contributed by atoms with Crippen LogP contribution in [0.15, 0.2) is 22.7 Å². The van der Waals surface area contributed by atoms with Gasteiger partial charge in [0, 0.05) is 16.9 Å². The summed E-state index contributed by atoms with van der Waals surface area (Å²) in [5.41, 5.74) is 0.742. The van der Waals surface area contributed by atoms with Crippen LogP contribution in [0, 0.1) is 11.3 Å². The van der Waals surface area contributed by atoms with E-state index in [1.54, 1.807) is 25.1 Å². The molecular formula is C13H14BrN3O3. The average Bonchev–Trinajstić information content (AvgIpc) is 2.36. The number of nitrogens with zero attached hydrogens (tertiary/aromatic N) is 1. The Kier molecular flexibility index (Phi) is 6.00. The molecule has 0 fully saturated rings. The number of anilines is 1. The Morgan fingerprint density at radius 3 is 2.80 bits per heavy atom. The zero-order chi connectivity index (χ0) is 15.1. The van der Waals surface area contributed by atoms with E-state index in [4.69, 9.17) is 10.4 Å². The molecule has 0 saturated carbocycles. The molecule has 1 aromatic rings. The molecule has 0 spiro atoms. The van der Waals surface area contributed by atoms with Gasteiger partial charge in [0.05, 0.1) is 11.3 Å². The second-order valence-corrected chi connectivity index (χ2v) is 5.15. The van der Waals surface area contributed by atoms with Crippen molar-refractivity contribution < 1.29 is 14.7 Å². The minimum atomic E-state index is -0.905. The van der Waals surface area contributed by atoms with E-state index in [0.717, 1.165) is 4.47 Å². The van der Waals surface area contributed by atoms with Crippen LogP contribution in [0.1, 0.15) is 25.3 Å². The fourth-order valence-corrected chi connectivity index (χ4v) is 1.87. The summed E-state index contributed by atoms with van der Waals surface area (Å²) in [6.45, 7) is 1.72. The first kappa shape index (κ1) is 16.0. The van der Waals surface area contributed by atoms with E-state index in [2.05, 4.69) is 26.6 Å². The fourth-order valence-electron chi connectivity index (χ4n) is 1.51. The Bertz CT molecular complexity index is 554. The Hall–Kier alpha value is -2.07. The first-order chi connectivity index (χ1) is 9.42. The predicted octanol–water partition coefficient (Wildman–Crippen LogP) is 2.70. The Balaban J connectivity index is 2.60. The third-order valence-electron chi connectivity index (χ3n) is 2.52. The Labute approximate surface area is 124 Å². The monoisotopic (exact) mass is 339 g/mol. The number of halogens is 1. The summed E-state index contributed by atoms with van der Waals surface area (Å²) in [7, 11) is 0. The standard InChI is InChI=1S/C13H14BrN3O3/c1-8(2-5-12(18)19)16-13(20)17-11-6-10(14)4-3-9(11)7-15/h3-4,6,8H,2,5H2,1H3,(H,18,19)(H2,16,17,20). The van der Waals surface area contributed by atoms with E-state index in [0.29, 0.717) is 17.7 Å². The largest absolute Gasteiger partial charge is 0.481 e. The zero-order valence-corrected chi connectivity index (χ0v) is 12.4. The molecule has 0 aromatic heterocycles. The van der Waals surface area contributed by atoms with Gasteiger partial charge in [-0.25, -0.2) is 4.79 Å². The first-order valence-corrected chi connectivity index (χ1v) is 6.70. The number of hydrogen-bond acceptors (Lipinski definition) is 3. The van der Waals surface area contributed by atoms with Gasteiger partial charge >= 0.3 is 12.0 Å². The van der Waals surface area contributed by atoms with Crippen LogP contribution in [0.2, 0.25) is 0 Å². The van der Waals surface area contributed by atoms with E-state index in [1.807, 2.05) is 6.07 Å². The SMILES string of the molecule is CC(CCC(=O)O)NC(=O)Nc1cc(Br)ccc1C#N. The Morgan fingerprint density at radius 1 is 1.50 bits per heavy atom. The van der Waals surface area contributed by atoms with E-state index < -0.39 is 12.0 Å². The van der Waals surface area contributed by atoms with Crippen molar-refractivity contribution >= 4 is 33.6 Å². The van der Waals surface area contributed by atoms with Gasteiger partial charge in [-0.05, 0) is 31.5 Å². The van der Waals surface area contributed by atoms with Crippen LogP contribution in [0.5, 0.6) is 0 Å². The maximum Gasteiger partial charge on any atom is 0.319 e. The molecule has 6 nitrogen and oxygen atoms in total. The molecule has 1 atom stereocenters. The molecule has 0 saturated heterocycles. The van der Waals surface area contributed by atoms with Gasteiger partial charge < -0.3 is 15.7 Å². The van der Waals surface area contributed by atoms with Crippen LogP contribution in [-0.2, 0) is 4.79 Å². The summed E-state index contributed by atoms with van der Waals surface area (Å²) in [6.07, 6.45) is 0.328. The minimum absolute atomic E-state index is 0.0121. The molecule has 0 aliphatic rings. The van der Waals surface area contributed by atoms with Gasteiger partial charge in [0.25, 0.3) is 0 Å². The van der Waals surface area contributed by atoms with Gasteiger partial charge in [0.2, 0.25) is 0 Å². The highest BCUT2D eigenvalue weighted by Gasteiger charge is 2.11. The summed E-state index contributed by atoms with van der Waals surface area (Å²) in [4.78, 5) is 22.2. The molecule has 2 amide bonds. The minimum Gasteiger partial charge on any atom is -0.481 e. The summed E-state index contributed by atoms with van der Waals surface area (Å²) in [5.74, 6) is -0.905.